The maximum absolute atomic E-state index is 12.0. The second-order valence-corrected chi connectivity index (χ2v) is 5.13. The molecule has 0 heterocycles. The Balaban J connectivity index is 1.92. The molecular weight excluding hydrogens is 322 g/mol. The molecule has 2 aromatic carbocycles. The minimum Gasteiger partial charge on any atom is -0.496 e. The minimum absolute atomic E-state index is 0.157. The molecule has 2 aromatic rings. The van der Waals surface area contributed by atoms with Crippen LogP contribution in [0.2, 0.25) is 0 Å². The second kappa shape index (κ2) is 9.32. The van der Waals surface area contributed by atoms with Crippen molar-refractivity contribution < 1.29 is 23.8 Å². The molecule has 1 amide bonds. The normalized spacial score (nSPS) is 10.0. The summed E-state index contributed by atoms with van der Waals surface area (Å²) in [6, 6.07) is 12.3. The van der Waals surface area contributed by atoms with Crippen LogP contribution in [0.1, 0.15) is 22.8 Å². The van der Waals surface area contributed by atoms with Gasteiger partial charge in [0.2, 0.25) is 0 Å². The lowest BCUT2D eigenvalue weighted by molar-refractivity contribution is -0.123. The zero-order valence-corrected chi connectivity index (χ0v) is 14.3. The van der Waals surface area contributed by atoms with Crippen LogP contribution in [0.4, 0.5) is 0 Å². The van der Waals surface area contributed by atoms with Crippen molar-refractivity contribution in [1.29, 1.82) is 0 Å². The van der Waals surface area contributed by atoms with Crippen LogP contribution in [-0.2, 0) is 11.3 Å². The van der Waals surface area contributed by atoms with Gasteiger partial charge in [0.25, 0.3) is 5.91 Å². The second-order valence-electron chi connectivity index (χ2n) is 5.13. The van der Waals surface area contributed by atoms with E-state index in [4.69, 9.17) is 14.2 Å². The predicted octanol–water partition coefficient (Wildman–Crippen LogP) is 2.60. The number of amides is 1. The van der Waals surface area contributed by atoms with Crippen molar-refractivity contribution in [2.24, 2.45) is 0 Å². The van der Waals surface area contributed by atoms with Gasteiger partial charge in [-0.15, -0.1) is 0 Å². The number of para-hydroxylation sites is 1. The van der Waals surface area contributed by atoms with Gasteiger partial charge in [0, 0.05) is 17.7 Å². The van der Waals surface area contributed by atoms with Crippen molar-refractivity contribution in [3.05, 3.63) is 53.6 Å². The molecule has 0 radical (unpaired) electrons. The highest BCUT2D eigenvalue weighted by atomic mass is 16.5. The number of carbonyl (C=O) groups excluding carboxylic acids is 2. The number of rotatable bonds is 9. The van der Waals surface area contributed by atoms with Crippen molar-refractivity contribution in [2.45, 2.75) is 13.5 Å². The molecule has 0 saturated carbocycles. The molecule has 0 aliphatic rings. The van der Waals surface area contributed by atoms with Gasteiger partial charge in [0.1, 0.15) is 12.0 Å². The molecule has 0 bridgehead atoms. The zero-order chi connectivity index (χ0) is 18.1. The molecule has 0 spiro atoms. The minimum atomic E-state index is -0.271. The predicted molar refractivity (Wildman–Crippen MR) is 93.3 cm³/mol. The van der Waals surface area contributed by atoms with Crippen molar-refractivity contribution >= 4 is 12.2 Å². The first-order valence-electron chi connectivity index (χ1n) is 7.91. The Morgan fingerprint density at radius 3 is 2.60 bits per heavy atom. The molecule has 0 fully saturated rings. The van der Waals surface area contributed by atoms with Crippen molar-refractivity contribution in [3.8, 4) is 17.2 Å². The first-order valence-corrected chi connectivity index (χ1v) is 7.91. The number of hydrogen-bond donors (Lipinski definition) is 1. The van der Waals surface area contributed by atoms with Crippen LogP contribution in [0.3, 0.4) is 0 Å². The van der Waals surface area contributed by atoms with Crippen molar-refractivity contribution in [1.82, 2.24) is 5.32 Å². The number of benzene rings is 2. The average Bonchev–Trinajstić information content (AvgIpc) is 2.65. The maximum Gasteiger partial charge on any atom is 0.258 e. The summed E-state index contributed by atoms with van der Waals surface area (Å²) >= 11 is 0. The fraction of sp³-hybridized carbons (Fsp3) is 0.263. The highest BCUT2D eigenvalue weighted by Crippen LogP contribution is 2.28. The van der Waals surface area contributed by atoms with Gasteiger partial charge in [0.15, 0.2) is 18.1 Å². The van der Waals surface area contributed by atoms with E-state index < -0.39 is 0 Å². The third kappa shape index (κ3) is 5.24. The molecule has 0 unspecified atom stereocenters. The Bertz CT molecular complexity index is 730. The summed E-state index contributed by atoms with van der Waals surface area (Å²) in [5.74, 6) is 1.30. The summed E-state index contributed by atoms with van der Waals surface area (Å²) in [7, 11) is 1.59. The summed E-state index contributed by atoms with van der Waals surface area (Å²) in [4.78, 5) is 22.8. The SMILES string of the molecule is CCOc1cc(C=O)ccc1OCC(=O)NCc1ccccc1OC. The number of aldehydes is 1. The van der Waals surface area contributed by atoms with Gasteiger partial charge in [-0.3, -0.25) is 9.59 Å². The number of hydrogen-bond acceptors (Lipinski definition) is 5. The van der Waals surface area contributed by atoms with E-state index in [1.807, 2.05) is 31.2 Å². The number of methoxy groups -OCH3 is 1. The third-order valence-electron chi connectivity index (χ3n) is 3.43. The average molecular weight is 343 g/mol. The Morgan fingerprint density at radius 2 is 1.88 bits per heavy atom. The summed E-state index contributed by atoms with van der Waals surface area (Å²) < 4.78 is 16.2. The van der Waals surface area contributed by atoms with Gasteiger partial charge in [-0.2, -0.15) is 0 Å². The largest absolute Gasteiger partial charge is 0.496 e. The maximum atomic E-state index is 12.0. The lowest BCUT2D eigenvalue weighted by atomic mass is 10.2. The summed E-state index contributed by atoms with van der Waals surface area (Å²) in [6.07, 6.45) is 0.728. The molecule has 0 atom stereocenters. The number of nitrogens with one attached hydrogen (secondary N) is 1. The summed E-state index contributed by atoms with van der Waals surface area (Å²) in [6.45, 7) is 2.44. The van der Waals surface area contributed by atoms with E-state index in [0.29, 0.717) is 36.0 Å². The smallest absolute Gasteiger partial charge is 0.258 e. The van der Waals surface area contributed by atoms with E-state index in [9.17, 15) is 9.59 Å². The van der Waals surface area contributed by atoms with Gasteiger partial charge < -0.3 is 19.5 Å². The summed E-state index contributed by atoms with van der Waals surface area (Å²) in [5, 5.41) is 2.78. The van der Waals surface area contributed by atoms with Crippen LogP contribution in [-0.4, -0.2) is 32.5 Å². The first-order chi connectivity index (χ1) is 12.2. The molecule has 0 aliphatic carbocycles. The van der Waals surface area contributed by atoms with Crippen molar-refractivity contribution in [3.63, 3.8) is 0 Å². The molecule has 2 rings (SSSR count). The van der Waals surface area contributed by atoms with E-state index in [-0.39, 0.29) is 12.5 Å². The van der Waals surface area contributed by atoms with Gasteiger partial charge in [0.05, 0.1) is 13.7 Å². The number of ether oxygens (including phenoxy) is 3. The van der Waals surface area contributed by atoms with Gasteiger partial charge in [-0.25, -0.2) is 0 Å². The van der Waals surface area contributed by atoms with E-state index in [1.54, 1.807) is 25.3 Å². The van der Waals surface area contributed by atoms with Gasteiger partial charge >= 0.3 is 0 Å². The Hall–Kier alpha value is -3.02. The Morgan fingerprint density at radius 1 is 1.08 bits per heavy atom. The summed E-state index contributed by atoms with van der Waals surface area (Å²) in [5.41, 5.74) is 1.36. The van der Waals surface area contributed by atoms with Gasteiger partial charge in [-0.1, -0.05) is 18.2 Å². The van der Waals surface area contributed by atoms with Crippen LogP contribution >= 0.6 is 0 Å². The third-order valence-corrected chi connectivity index (χ3v) is 3.43. The Labute approximate surface area is 146 Å². The van der Waals surface area contributed by atoms with Crippen LogP contribution < -0.4 is 19.5 Å². The van der Waals surface area contributed by atoms with E-state index in [1.165, 1.54) is 0 Å². The molecule has 6 nitrogen and oxygen atoms in total. The highest BCUT2D eigenvalue weighted by molar-refractivity contribution is 5.78. The lowest BCUT2D eigenvalue weighted by Crippen LogP contribution is -2.28. The van der Waals surface area contributed by atoms with Crippen LogP contribution in [0.15, 0.2) is 42.5 Å². The van der Waals surface area contributed by atoms with E-state index in [2.05, 4.69) is 5.32 Å². The first kappa shape index (κ1) is 18.3. The molecule has 25 heavy (non-hydrogen) atoms. The van der Waals surface area contributed by atoms with Crippen LogP contribution in [0, 0.1) is 0 Å². The standard InChI is InChI=1S/C19H21NO5/c1-3-24-18-10-14(12-21)8-9-17(18)25-13-19(22)20-11-15-6-4-5-7-16(15)23-2/h4-10,12H,3,11,13H2,1-2H3,(H,20,22). The van der Waals surface area contributed by atoms with Crippen LogP contribution in [0.5, 0.6) is 17.2 Å². The quantitative estimate of drug-likeness (QED) is 0.709. The fourth-order valence-corrected chi connectivity index (χ4v) is 2.22. The molecule has 132 valence electrons. The van der Waals surface area contributed by atoms with Gasteiger partial charge in [-0.05, 0) is 31.2 Å². The van der Waals surface area contributed by atoms with E-state index in [0.717, 1.165) is 11.8 Å². The zero-order valence-electron chi connectivity index (χ0n) is 14.3. The fourth-order valence-electron chi connectivity index (χ4n) is 2.22. The molecule has 1 N–H and O–H groups in total. The number of carbonyl (C=O) groups is 2. The molecule has 0 saturated heterocycles. The van der Waals surface area contributed by atoms with Crippen LogP contribution in [0.25, 0.3) is 0 Å². The van der Waals surface area contributed by atoms with E-state index >= 15 is 0 Å². The molecule has 0 aromatic heterocycles. The molecule has 6 heteroatoms. The molecular formula is C19H21NO5. The highest BCUT2D eigenvalue weighted by Gasteiger charge is 2.10. The topological polar surface area (TPSA) is 73.9 Å². The lowest BCUT2D eigenvalue weighted by Gasteiger charge is -2.13. The van der Waals surface area contributed by atoms with Crippen molar-refractivity contribution in [2.75, 3.05) is 20.3 Å². The Kier molecular flexibility index (Phi) is 6.83. The molecule has 0 aliphatic heterocycles. The monoisotopic (exact) mass is 343 g/mol.